The lowest BCUT2D eigenvalue weighted by Gasteiger charge is -2.07. The third kappa shape index (κ3) is 2.90. The van der Waals surface area contributed by atoms with Gasteiger partial charge in [-0.1, -0.05) is 0 Å². The van der Waals surface area contributed by atoms with Gasteiger partial charge < -0.3 is 10.3 Å². The molecular formula is C13H17N5O. The summed E-state index contributed by atoms with van der Waals surface area (Å²) in [7, 11) is 0. The first-order valence-corrected chi connectivity index (χ1v) is 6.09. The Hall–Kier alpha value is -2.37. The molecule has 2 heterocycles. The van der Waals surface area contributed by atoms with Crippen molar-refractivity contribution in [1.29, 1.82) is 0 Å². The summed E-state index contributed by atoms with van der Waals surface area (Å²) in [6.07, 6.45) is 1.73. The average molecular weight is 259 g/mol. The van der Waals surface area contributed by atoms with Crippen LogP contribution >= 0.6 is 0 Å². The summed E-state index contributed by atoms with van der Waals surface area (Å²) in [6, 6.07) is 3.49. The molecule has 2 aromatic heterocycles. The first-order valence-electron chi connectivity index (χ1n) is 6.09. The second kappa shape index (κ2) is 5.09. The minimum atomic E-state index is -0.261. The number of aryl methyl sites for hydroxylation is 3. The lowest BCUT2D eigenvalue weighted by Crippen LogP contribution is -2.18. The van der Waals surface area contributed by atoms with E-state index in [-0.39, 0.29) is 5.91 Å². The van der Waals surface area contributed by atoms with Crippen molar-refractivity contribution in [2.75, 3.05) is 11.1 Å². The second-order valence-corrected chi connectivity index (χ2v) is 4.37. The molecule has 0 aliphatic rings. The Balaban J connectivity index is 2.25. The number of nitrogen functional groups attached to an aromatic ring is 1. The smallest absolute Gasteiger partial charge is 0.274 e. The van der Waals surface area contributed by atoms with Crippen LogP contribution in [-0.4, -0.2) is 20.4 Å². The summed E-state index contributed by atoms with van der Waals surface area (Å²) >= 11 is 0. The molecule has 0 unspecified atom stereocenters. The molecule has 0 aliphatic heterocycles. The number of hydrogen-bond donors (Lipinski definition) is 2. The van der Waals surface area contributed by atoms with Gasteiger partial charge in [0.05, 0.1) is 5.69 Å². The van der Waals surface area contributed by atoms with Crippen molar-refractivity contribution in [1.82, 2.24) is 14.5 Å². The Morgan fingerprint density at radius 2 is 1.95 bits per heavy atom. The number of anilines is 2. The Morgan fingerprint density at radius 3 is 2.53 bits per heavy atom. The van der Waals surface area contributed by atoms with Crippen molar-refractivity contribution in [3.63, 3.8) is 0 Å². The zero-order valence-corrected chi connectivity index (χ0v) is 11.3. The summed E-state index contributed by atoms with van der Waals surface area (Å²) in [5.41, 5.74) is 8.39. The molecule has 100 valence electrons. The molecule has 0 saturated heterocycles. The van der Waals surface area contributed by atoms with E-state index in [1.807, 2.05) is 26.8 Å². The number of nitrogens with one attached hydrogen (secondary N) is 1. The van der Waals surface area contributed by atoms with Gasteiger partial charge in [0.1, 0.15) is 5.69 Å². The molecule has 0 bridgehead atoms. The van der Waals surface area contributed by atoms with E-state index in [9.17, 15) is 4.79 Å². The molecule has 3 N–H and O–H groups in total. The fraction of sp³-hybridized carbons (Fsp3) is 0.308. The molecule has 0 spiro atoms. The van der Waals surface area contributed by atoms with Gasteiger partial charge >= 0.3 is 0 Å². The lowest BCUT2D eigenvalue weighted by molar-refractivity contribution is 0.101. The largest absolute Gasteiger partial charge is 0.397 e. The van der Waals surface area contributed by atoms with E-state index in [1.54, 1.807) is 16.8 Å². The van der Waals surface area contributed by atoms with Crippen LogP contribution < -0.4 is 11.1 Å². The van der Waals surface area contributed by atoms with E-state index in [1.165, 1.54) is 0 Å². The SMILES string of the molecule is CCn1cc(N)cc1C(=O)Nc1nc(C)cc(C)n1. The molecule has 2 rings (SSSR count). The Labute approximate surface area is 111 Å². The van der Waals surface area contributed by atoms with E-state index in [0.717, 1.165) is 11.4 Å². The molecule has 0 radical (unpaired) electrons. The van der Waals surface area contributed by atoms with Gasteiger partial charge in [0.15, 0.2) is 0 Å². The first kappa shape index (κ1) is 13.1. The average Bonchev–Trinajstić information content (AvgIpc) is 2.69. The second-order valence-electron chi connectivity index (χ2n) is 4.37. The normalized spacial score (nSPS) is 10.5. The van der Waals surface area contributed by atoms with E-state index in [4.69, 9.17) is 5.73 Å². The fourth-order valence-corrected chi connectivity index (χ4v) is 1.93. The molecule has 0 aromatic carbocycles. The van der Waals surface area contributed by atoms with Gasteiger partial charge in [0, 0.05) is 24.1 Å². The highest BCUT2D eigenvalue weighted by molar-refractivity contribution is 6.02. The maximum atomic E-state index is 12.2. The van der Waals surface area contributed by atoms with Crippen LogP contribution in [0.4, 0.5) is 11.6 Å². The quantitative estimate of drug-likeness (QED) is 0.879. The van der Waals surface area contributed by atoms with Crippen LogP contribution in [0.2, 0.25) is 0 Å². The highest BCUT2D eigenvalue weighted by Crippen LogP contribution is 2.12. The number of nitrogens with zero attached hydrogens (tertiary/aromatic N) is 3. The van der Waals surface area contributed by atoms with Gasteiger partial charge in [-0.25, -0.2) is 9.97 Å². The minimum absolute atomic E-state index is 0.261. The molecular weight excluding hydrogens is 242 g/mol. The van der Waals surface area contributed by atoms with Crippen LogP contribution in [0.25, 0.3) is 0 Å². The summed E-state index contributed by atoms with van der Waals surface area (Å²) in [5, 5.41) is 2.69. The van der Waals surface area contributed by atoms with Gasteiger partial charge in [-0.3, -0.25) is 10.1 Å². The lowest BCUT2D eigenvalue weighted by atomic mass is 10.3. The fourth-order valence-electron chi connectivity index (χ4n) is 1.93. The maximum Gasteiger partial charge on any atom is 0.274 e. The molecule has 2 aromatic rings. The number of rotatable bonds is 3. The summed E-state index contributed by atoms with van der Waals surface area (Å²) < 4.78 is 1.79. The highest BCUT2D eigenvalue weighted by Gasteiger charge is 2.13. The van der Waals surface area contributed by atoms with E-state index >= 15 is 0 Å². The topological polar surface area (TPSA) is 85.8 Å². The number of amides is 1. The number of carbonyl (C=O) groups excluding carboxylic acids is 1. The van der Waals surface area contributed by atoms with Gasteiger partial charge in [-0.05, 0) is 32.9 Å². The molecule has 0 saturated carbocycles. The van der Waals surface area contributed by atoms with Crippen LogP contribution in [0, 0.1) is 13.8 Å². The van der Waals surface area contributed by atoms with E-state index in [2.05, 4.69) is 15.3 Å². The Bertz CT molecular complexity index is 597. The zero-order valence-electron chi connectivity index (χ0n) is 11.3. The van der Waals surface area contributed by atoms with Gasteiger partial charge in [0.25, 0.3) is 5.91 Å². The summed E-state index contributed by atoms with van der Waals surface area (Å²) in [6.45, 7) is 6.34. The summed E-state index contributed by atoms with van der Waals surface area (Å²) in [4.78, 5) is 20.5. The maximum absolute atomic E-state index is 12.2. The molecule has 0 atom stereocenters. The number of hydrogen-bond acceptors (Lipinski definition) is 4. The summed E-state index contributed by atoms with van der Waals surface area (Å²) in [5.74, 6) is 0.0495. The predicted molar refractivity (Wildman–Crippen MR) is 74.0 cm³/mol. The van der Waals surface area contributed by atoms with Gasteiger partial charge in [0.2, 0.25) is 5.95 Å². The predicted octanol–water partition coefficient (Wildman–Crippen LogP) is 1.75. The van der Waals surface area contributed by atoms with Crippen LogP contribution in [0.3, 0.4) is 0 Å². The van der Waals surface area contributed by atoms with Crippen molar-refractivity contribution < 1.29 is 4.79 Å². The van der Waals surface area contributed by atoms with Crippen LogP contribution in [0.5, 0.6) is 0 Å². The Morgan fingerprint density at radius 1 is 1.32 bits per heavy atom. The molecule has 0 fully saturated rings. The number of carbonyl (C=O) groups is 1. The van der Waals surface area contributed by atoms with Crippen molar-refractivity contribution in [3.8, 4) is 0 Å². The minimum Gasteiger partial charge on any atom is -0.397 e. The van der Waals surface area contributed by atoms with Crippen LogP contribution in [0.1, 0.15) is 28.8 Å². The van der Waals surface area contributed by atoms with Crippen molar-refractivity contribution >= 4 is 17.5 Å². The molecule has 0 aliphatic carbocycles. The molecule has 6 nitrogen and oxygen atoms in total. The van der Waals surface area contributed by atoms with E-state index in [0.29, 0.717) is 23.9 Å². The molecule has 19 heavy (non-hydrogen) atoms. The standard InChI is InChI=1S/C13H17N5O/c1-4-18-7-10(14)6-11(18)12(19)17-13-15-8(2)5-9(3)16-13/h5-7H,4,14H2,1-3H3,(H,15,16,17,19). The van der Waals surface area contributed by atoms with Crippen LogP contribution in [-0.2, 0) is 6.54 Å². The van der Waals surface area contributed by atoms with Crippen molar-refractivity contribution in [2.45, 2.75) is 27.3 Å². The number of nitrogens with two attached hydrogens (primary N) is 1. The van der Waals surface area contributed by atoms with Crippen molar-refractivity contribution in [2.24, 2.45) is 0 Å². The number of aromatic nitrogens is 3. The zero-order chi connectivity index (χ0) is 14.0. The molecule has 1 amide bonds. The van der Waals surface area contributed by atoms with Crippen molar-refractivity contribution in [3.05, 3.63) is 35.4 Å². The monoisotopic (exact) mass is 259 g/mol. The van der Waals surface area contributed by atoms with E-state index < -0.39 is 0 Å². The third-order valence-electron chi connectivity index (χ3n) is 2.70. The molecule has 6 heteroatoms. The highest BCUT2D eigenvalue weighted by atomic mass is 16.2. The Kier molecular flexibility index (Phi) is 3.50. The first-order chi connectivity index (χ1) is 8.99. The van der Waals surface area contributed by atoms with Crippen LogP contribution in [0.15, 0.2) is 18.3 Å². The van der Waals surface area contributed by atoms with Gasteiger partial charge in [-0.2, -0.15) is 0 Å². The third-order valence-corrected chi connectivity index (χ3v) is 2.70. The van der Waals surface area contributed by atoms with Gasteiger partial charge in [-0.15, -0.1) is 0 Å².